The van der Waals surface area contributed by atoms with Gasteiger partial charge in [-0.15, -0.1) is 11.3 Å². The zero-order valence-electron chi connectivity index (χ0n) is 17.0. The Labute approximate surface area is 173 Å². The molecule has 0 fully saturated rings. The van der Waals surface area contributed by atoms with Crippen LogP contribution in [0, 0.1) is 13.8 Å². The minimum Gasteiger partial charge on any atom is -0.356 e. The summed E-state index contributed by atoms with van der Waals surface area (Å²) < 4.78 is 3.54. The van der Waals surface area contributed by atoms with Crippen LogP contribution in [-0.2, 0) is 30.7 Å². The fraction of sp³-hybridized carbons (Fsp3) is 0.524. The van der Waals surface area contributed by atoms with E-state index in [1.807, 2.05) is 24.6 Å². The predicted octanol–water partition coefficient (Wildman–Crippen LogP) is 2.75. The third kappa shape index (κ3) is 4.27. The van der Waals surface area contributed by atoms with Crippen LogP contribution in [0.3, 0.4) is 0 Å². The number of amides is 1. The molecular weight excluding hydrogens is 386 g/mol. The molecule has 0 aliphatic heterocycles. The van der Waals surface area contributed by atoms with Crippen molar-refractivity contribution in [1.82, 2.24) is 24.6 Å². The van der Waals surface area contributed by atoms with Crippen LogP contribution in [0.15, 0.2) is 17.2 Å². The largest absolute Gasteiger partial charge is 0.356 e. The summed E-state index contributed by atoms with van der Waals surface area (Å²) in [5.74, 6) is -0.0438. The minimum atomic E-state index is -0.0438. The molecule has 1 amide bonds. The van der Waals surface area contributed by atoms with E-state index < -0.39 is 0 Å². The molecule has 154 valence electrons. The molecule has 0 unspecified atom stereocenters. The molecule has 3 aromatic rings. The first-order chi connectivity index (χ1) is 14.0. The van der Waals surface area contributed by atoms with Gasteiger partial charge in [0.2, 0.25) is 5.91 Å². The van der Waals surface area contributed by atoms with Crippen molar-refractivity contribution >= 4 is 27.5 Å². The van der Waals surface area contributed by atoms with Crippen molar-refractivity contribution in [3.8, 4) is 0 Å². The van der Waals surface area contributed by atoms with Gasteiger partial charge in [-0.3, -0.25) is 18.8 Å². The van der Waals surface area contributed by atoms with Crippen molar-refractivity contribution in [1.29, 1.82) is 0 Å². The first-order valence-corrected chi connectivity index (χ1v) is 11.1. The molecule has 4 rings (SSSR count). The molecule has 0 aromatic carbocycles. The average Bonchev–Trinajstić information content (AvgIpc) is 3.24. The molecule has 0 spiro atoms. The first kappa shape index (κ1) is 19.8. The fourth-order valence-electron chi connectivity index (χ4n) is 4.01. The van der Waals surface area contributed by atoms with Crippen molar-refractivity contribution < 1.29 is 4.79 Å². The Morgan fingerprint density at radius 1 is 1.24 bits per heavy atom. The van der Waals surface area contributed by atoms with Crippen molar-refractivity contribution in [2.24, 2.45) is 0 Å². The predicted molar refractivity (Wildman–Crippen MR) is 114 cm³/mol. The van der Waals surface area contributed by atoms with Gasteiger partial charge in [-0.2, -0.15) is 5.10 Å². The molecule has 1 N–H and O–H groups in total. The highest BCUT2D eigenvalue weighted by atomic mass is 32.1. The molecule has 1 aliphatic rings. The van der Waals surface area contributed by atoms with Gasteiger partial charge in [0.1, 0.15) is 4.83 Å². The minimum absolute atomic E-state index is 0.00766. The van der Waals surface area contributed by atoms with Crippen LogP contribution in [0.4, 0.5) is 0 Å². The lowest BCUT2D eigenvalue weighted by atomic mass is 9.97. The van der Waals surface area contributed by atoms with Crippen LogP contribution >= 0.6 is 11.3 Å². The van der Waals surface area contributed by atoms with Crippen LogP contribution in [0.25, 0.3) is 10.2 Å². The Morgan fingerprint density at radius 3 is 2.86 bits per heavy atom. The SMILES string of the molecule is Cc1cc(C)n(CCCNC(=O)CCn2cnc3sc4c(c3c2=O)CCCC4)n1. The quantitative estimate of drug-likeness (QED) is 0.604. The Bertz CT molecular complexity index is 1090. The number of carbonyl (C=O) groups excluding carboxylic acids is 1. The molecular formula is C21H27N5O2S. The van der Waals surface area contributed by atoms with Crippen LogP contribution < -0.4 is 10.9 Å². The zero-order valence-corrected chi connectivity index (χ0v) is 17.8. The number of hydrogen-bond donors (Lipinski definition) is 1. The molecule has 3 aromatic heterocycles. The maximum Gasteiger partial charge on any atom is 0.262 e. The molecule has 0 radical (unpaired) electrons. The zero-order chi connectivity index (χ0) is 20.4. The van der Waals surface area contributed by atoms with Gasteiger partial charge in [0, 0.05) is 36.6 Å². The van der Waals surface area contributed by atoms with Gasteiger partial charge in [-0.05, 0) is 57.6 Å². The van der Waals surface area contributed by atoms with E-state index in [0.717, 1.165) is 53.8 Å². The molecule has 29 heavy (non-hydrogen) atoms. The van der Waals surface area contributed by atoms with E-state index in [2.05, 4.69) is 15.4 Å². The summed E-state index contributed by atoms with van der Waals surface area (Å²) in [6.45, 7) is 5.75. The van der Waals surface area contributed by atoms with Crippen LogP contribution in [0.2, 0.25) is 0 Å². The summed E-state index contributed by atoms with van der Waals surface area (Å²) in [4.78, 5) is 31.7. The van der Waals surface area contributed by atoms with Gasteiger partial charge in [0.05, 0.1) is 17.4 Å². The summed E-state index contributed by atoms with van der Waals surface area (Å²) in [6.07, 6.45) is 7.02. The third-order valence-electron chi connectivity index (χ3n) is 5.49. The standard InChI is InChI=1S/C21H27N5O2S/c1-14-12-15(2)26(24-14)10-5-9-22-18(27)8-11-25-13-23-20-19(21(25)28)16-6-3-4-7-17(16)29-20/h12-13H,3-11H2,1-2H3,(H,22,27). The lowest BCUT2D eigenvalue weighted by Gasteiger charge is -2.10. The lowest BCUT2D eigenvalue weighted by Crippen LogP contribution is -2.29. The topological polar surface area (TPSA) is 81.8 Å². The Kier molecular flexibility index (Phi) is 5.80. The van der Waals surface area contributed by atoms with E-state index in [9.17, 15) is 9.59 Å². The van der Waals surface area contributed by atoms with Crippen molar-refractivity contribution in [3.05, 3.63) is 44.6 Å². The van der Waals surface area contributed by atoms with Crippen LogP contribution in [-0.4, -0.2) is 31.8 Å². The summed E-state index contributed by atoms with van der Waals surface area (Å²) in [5, 5.41) is 8.14. The first-order valence-electron chi connectivity index (χ1n) is 10.3. The number of aryl methyl sites for hydroxylation is 6. The van der Waals surface area contributed by atoms with Crippen molar-refractivity contribution in [3.63, 3.8) is 0 Å². The highest BCUT2D eigenvalue weighted by Crippen LogP contribution is 2.33. The van der Waals surface area contributed by atoms with Crippen molar-refractivity contribution in [2.45, 2.75) is 65.5 Å². The molecule has 7 nitrogen and oxygen atoms in total. The molecule has 3 heterocycles. The van der Waals surface area contributed by atoms with Gasteiger partial charge < -0.3 is 5.32 Å². The summed E-state index contributed by atoms with van der Waals surface area (Å²) >= 11 is 1.65. The van der Waals surface area contributed by atoms with E-state index >= 15 is 0 Å². The van der Waals surface area contributed by atoms with Gasteiger partial charge in [0.15, 0.2) is 0 Å². The molecule has 0 saturated carbocycles. The van der Waals surface area contributed by atoms with Gasteiger partial charge >= 0.3 is 0 Å². The van der Waals surface area contributed by atoms with Gasteiger partial charge in [-0.25, -0.2) is 4.98 Å². The van der Waals surface area contributed by atoms with E-state index in [-0.39, 0.29) is 17.9 Å². The number of fused-ring (bicyclic) bond motifs is 3. The Balaban J connectivity index is 1.31. The molecule has 1 aliphatic carbocycles. The molecule has 0 atom stereocenters. The van der Waals surface area contributed by atoms with E-state index in [1.54, 1.807) is 22.2 Å². The number of aromatic nitrogens is 4. The second kappa shape index (κ2) is 8.49. The number of thiophene rings is 1. The third-order valence-corrected chi connectivity index (χ3v) is 6.69. The molecule has 0 bridgehead atoms. The average molecular weight is 414 g/mol. The van der Waals surface area contributed by atoms with E-state index in [1.165, 1.54) is 16.9 Å². The normalized spacial score (nSPS) is 13.6. The van der Waals surface area contributed by atoms with Gasteiger partial charge in [0.25, 0.3) is 5.56 Å². The maximum atomic E-state index is 12.9. The molecule has 0 saturated heterocycles. The number of carbonyl (C=O) groups is 1. The Hall–Kier alpha value is -2.48. The van der Waals surface area contributed by atoms with E-state index in [4.69, 9.17) is 0 Å². The number of hydrogen-bond acceptors (Lipinski definition) is 5. The number of rotatable bonds is 7. The summed E-state index contributed by atoms with van der Waals surface area (Å²) in [6, 6.07) is 2.05. The highest BCUT2D eigenvalue weighted by Gasteiger charge is 2.20. The fourth-order valence-corrected chi connectivity index (χ4v) is 5.23. The Morgan fingerprint density at radius 2 is 2.07 bits per heavy atom. The maximum absolute atomic E-state index is 12.9. The monoisotopic (exact) mass is 413 g/mol. The number of nitrogens with one attached hydrogen (secondary N) is 1. The second-order valence-electron chi connectivity index (χ2n) is 7.74. The van der Waals surface area contributed by atoms with Crippen LogP contribution in [0.5, 0.6) is 0 Å². The summed E-state index contributed by atoms with van der Waals surface area (Å²) in [7, 11) is 0. The van der Waals surface area contributed by atoms with Crippen LogP contribution in [0.1, 0.15) is 47.5 Å². The summed E-state index contributed by atoms with van der Waals surface area (Å²) in [5.41, 5.74) is 3.32. The molecule has 8 heteroatoms. The smallest absolute Gasteiger partial charge is 0.262 e. The van der Waals surface area contributed by atoms with Gasteiger partial charge in [-0.1, -0.05) is 0 Å². The lowest BCUT2D eigenvalue weighted by molar-refractivity contribution is -0.121. The second-order valence-corrected chi connectivity index (χ2v) is 8.82. The van der Waals surface area contributed by atoms with Crippen molar-refractivity contribution in [2.75, 3.05) is 6.54 Å². The van der Waals surface area contributed by atoms with E-state index in [0.29, 0.717) is 13.1 Å². The highest BCUT2D eigenvalue weighted by molar-refractivity contribution is 7.18. The number of nitrogens with zero attached hydrogens (tertiary/aromatic N) is 4.